The Morgan fingerprint density at radius 3 is 2.56 bits per heavy atom. The van der Waals surface area contributed by atoms with Gasteiger partial charge in [-0.3, -0.25) is 5.32 Å². The molecule has 0 saturated carbocycles. The third-order valence-electron chi connectivity index (χ3n) is 3.59. The molecule has 27 heavy (non-hydrogen) atoms. The number of carbonyl (C=O) groups excluding carboxylic acids is 2. The van der Waals surface area contributed by atoms with Crippen LogP contribution in [0.2, 0.25) is 0 Å². The number of nitrogens with one attached hydrogen (secondary N) is 2. The third-order valence-corrected chi connectivity index (χ3v) is 5.63. The van der Waals surface area contributed by atoms with Crippen LogP contribution >= 0.6 is 11.3 Å². The summed E-state index contributed by atoms with van der Waals surface area (Å²) in [5.41, 5.74) is 1.08. The van der Waals surface area contributed by atoms with Crippen molar-refractivity contribution < 1.29 is 22.7 Å². The van der Waals surface area contributed by atoms with Gasteiger partial charge in [0.25, 0.3) is 0 Å². The van der Waals surface area contributed by atoms with Crippen LogP contribution in [0.15, 0.2) is 47.4 Å². The van der Waals surface area contributed by atoms with Gasteiger partial charge in [-0.2, -0.15) is 0 Å². The molecule has 1 heterocycles. The molecule has 3 aromatic rings. The number of fused-ring (bicyclic) bond motifs is 1. The van der Waals surface area contributed by atoms with Crippen molar-refractivity contribution in [3.05, 3.63) is 48.0 Å². The second-order valence-corrected chi connectivity index (χ2v) is 8.58. The van der Waals surface area contributed by atoms with Crippen LogP contribution < -0.4 is 10.6 Å². The van der Waals surface area contributed by atoms with E-state index in [0.717, 1.165) is 17.6 Å². The molecule has 0 radical (unpaired) electrons. The summed E-state index contributed by atoms with van der Waals surface area (Å²) in [6, 6.07) is 10.4. The van der Waals surface area contributed by atoms with E-state index in [1.807, 2.05) is 0 Å². The third kappa shape index (κ3) is 4.23. The van der Waals surface area contributed by atoms with Crippen LogP contribution in [0.5, 0.6) is 0 Å². The molecule has 2 amide bonds. The summed E-state index contributed by atoms with van der Waals surface area (Å²) < 4.78 is 28.6. The van der Waals surface area contributed by atoms with Gasteiger partial charge in [-0.05, 0) is 30.3 Å². The van der Waals surface area contributed by atoms with Gasteiger partial charge in [0.15, 0.2) is 15.0 Å². The Labute approximate surface area is 159 Å². The van der Waals surface area contributed by atoms with Crippen molar-refractivity contribution in [2.45, 2.75) is 4.90 Å². The van der Waals surface area contributed by atoms with Gasteiger partial charge in [-0.1, -0.05) is 23.5 Å². The van der Waals surface area contributed by atoms with E-state index in [0.29, 0.717) is 21.0 Å². The highest BCUT2D eigenvalue weighted by Gasteiger charge is 2.15. The molecule has 0 spiro atoms. The van der Waals surface area contributed by atoms with Crippen molar-refractivity contribution in [1.29, 1.82) is 0 Å². The zero-order valence-corrected chi connectivity index (χ0v) is 16.0. The highest BCUT2D eigenvalue weighted by atomic mass is 32.2. The summed E-state index contributed by atoms with van der Waals surface area (Å²) >= 11 is 1.14. The molecule has 0 aliphatic rings. The fourth-order valence-corrected chi connectivity index (χ4v) is 3.94. The molecule has 0 aliphatic heterocycles. The maximum atomic E-state index is 12.2. The number of para-hydroxylation sites is 1. The number of nitrogens with zero attached hydrogens (tertiary/aromatic N) is 1. The van der Waals surface area contributed by atoms with Gasteiger partial charge in [0.2, 0.25) is 0 Å². The van der Waals surface area contributed by atoms with Gasteiger partial charge in [0.05, 0.1) is 33.5 Å². The normalized spacial score (nSPS) is 11.2. The number of thiazole rings is 1. The number of anilines is 2. The zero-order chi connectivity index (χ0) is 19.6. The van der Waals surface area contributed by atoms with Gasteiger partial charge in [0.1, 0.15) is 0 Å². The van der Waals surface area contributed by atoms with Gasteiger partial charge in [-0.25, -0.2) is 23.0 Å². The Morgan fingerprint density at radius 2 is 1.85 bits per heavy atom. The topological polar surface area (TPSA) is 114 Å². The van der Waals surface area contributed by atoms with Gasteiger partial charge in [0, 0.05) is 6.26 Å². The summed E-state index contributed by atoms with van der Waals surface area (Å²) in [5, 5.41) is 5.45. The molecule has 2 N–H and O–H groups in total. The van der Waals surface area contributed by atoms with Crippen molar-refractivity contribution in [3.8, 4) is 0 Å². The van der Waals surface area contributed by atoms with Crippen molar-refractivity contribution in [3.63, 3.8) is 0 Å². The van der Waals surface area contributed by atoms with E-state index in [-0.39, 0.29) is 10.5 Å². The first kappa shape index (κ1) is 18.8. The largest absolute Gasteiger partial charge is 0.465 e. The molecular formula is C17H15N3O5S2. The molecule has 0 bridgehead atoms. The number of hydrogen-bond donors (Lipinski definition) is 2. The van der Waals surface area contributed by atoms with Crippen LogP contribution in [-0.4, -0.2) is 38.8 Å². The lowest BCUT2D eigenvalue weighted by Crippen LogP contribution is -2.21. The summed E-state index contributed by atoms with van der Waals surface area (Å²) in [6.07, 6.45) is 1.13. The lowest BCUT2D eigenvalue weighted by molar-refractivity contribution is 0.0602. The molecule has 0 unspecified atom stereocenters. The molecule has 0 atom stereocenters. The molecule has 3 rings (SSSR count). The Kier molecular flexibility index (Phi) is 5.10. The van der Waals surface area contributed by atoms with E-state index in [9.17, 15) is 18.0 Å². The van der Waals surface area contributed by atoms with Crippen LogP contribution in [-0.2, 0) is 14.6 Å². The average Bonchev–Trinajstić information content (AvgIpc) is 3.01. The number of hydrogen-bond acceptors (Lipinski definition) is 7. The Morgan fingerprint density at radius 1 is 1.11 bits per heavy atom. The average molecular weight is 405 g/mol. The van der Waals surface area contributed by atoms with Crippen LogP contribution in [0.4, 0.5) is 15.6 Å². The summed E-state index contributed by atoms with van der Waals surface area (Å²) in [7, 11) is -2.07. The zero-order valence-electron chi connectivity index (χ0n) is 14.3. The number of urea groups is 1. The molecule has 140 valence electrons. The number of rotatable bonds is 4. The summed E-state index contributed by atoms with van der Waals surface area (Å²) in [5.74, 6) is -0.570. The molecule has 0 saturated heterocycles. The van der Waals surface area contributed by atoms with Crippen molar-refractivity contribution in [1.82, 2.24) is 4.98 Å². The standard InChI is InChI=1S/C17H15N3O5S2/c1-25-15(21)11-5-3-4-6-12(11)18-16(22)20-17-19-13-8-7-10(27(2,23)24)9-14(13)26-17/h3-9H,1-2H3,(H2,18,19,20,22). The van der Waals surface area contributed by atoms with Gasteiger partial charge < -0.3 is 10.1 Å². The Hall–Kier alpha value is -2.98. The van der Waals surface area contributed by atoms with E-state index < -0.39 is 21.8 Å². The monoisotopic (exact) mass is 405 g/mol. The quantitative estimate of drug-likeness (QED) is 0.645. The SMILES string of the molecule is COC(=O)c1ccccc1NC(=O)Nc1nc2ccc(S(C)(=O)=O)cc2s1. The van der Waals surface area contributed by atoms with E-state index >= 15 is 0 Å². The molecule has 1 aromatic heterocycles. The van der Waals surface area contributed by atoms with Crippen molar-refractivity contribution in [2.75, 3.05) is 24.0 Å². The van der Waals surface area contributed by atoms with E-state index in [1.54, 1.807) is 24.3 Å². The summed E-state index contributed by atoms with van der Waals surface area (Å²) in [6.45, 7) is 0. The minimum atomic E-state index is -3.33. The Bertz CT molecular complexity index is 1140. The lowest BCUT2D eigenvalue weighted by Gasteiger charge is -2.09. The number of benzene rings is 2. The number of esters is 1. The predicted molar refractivity (Wildman–Crippen MR) is 103 cm³/mol. The molecule has 0 aliphatic carbocycles. The van der Waals surface area contributed by atoms with Crippen molar-refractivity contribution in [2.24, 2.45) is 0 Å². The fourth-order valence-electron chi connectivity index (χ4n) is 2.32. The maximum Gasteiger partial charge on any atom is 0.339 e. The lowest BCUT2D eigenvalue weighted by atomic mass is 10.2. The van der Waals surface area contributed by atoms with Crippen LogP contribution in [0.3, 0.4) is 0 Å². The smallest absolute Gasteiger partial charge is 0.339 e. The van der Waals surface area contributed by atoms with Gasteiger partial charge in [-0.15, -0.1) is 0 Å². The molecular weight excluding hydrogens is 390 g/mol. The van der Waals surface area contributed by atoms with Crippen molar-refractivity contribution >= 4 is 54.2 Å². The van der Waals surface area contributed by atoms with Crippen LogP contribution in [0, 0.1) is 0 Å². The van der Waals surface area contributed by atoms with Gasteiger partial charge >= 0.3 is 12.0 Å². The minimum Gasteiger partial charge on any atom is -0.465 e. The van der Waals surface area contributed by atoms with E-state index in [2.05, 4.69) is 20.4 Å². The fraction of sp³-hybridized carbons (Fsp3) is 0.118. The molecule has 0 fully saturated rings. The maximum absolute atomic E-state index is 12.2. The molecule has 2 aromatic carbocycles. The molecule has 10 heteroatoms. The second kappa shape index (κ2) is 7.33. The predicted octanol–water partition coefficient (Wildman–Crippen LogP) is 3.13. The number of methoxy groups -OCH3 is 1. The minimum absolute atomic E-state index is 0.182. The molecule has 8 nitrogen and oxygen atoms in total. The second-order valence-electron chi connectivity index (χ2n) is 5.54. The number of amides is 2. The van der Waals surface area contributed by atoms with E-state index in [4.69, 9.17) is 0 Å². The first-order valence-corrected chi connectivity index (χ1v) is 10.3. The van der Waals surface area contributed by atoms with E-state index in [1.165, 1.54) is 25.3 Å². The number of carbonyl (C=O) groups is 2. The number of ether oxygens (including phenoxy) is 1. The van der Waals surface area contributed by atoms with Crippen LogP contribution in [0.25, 0.3) is 10.2 Å². The summed E-state index contributed by atoms with van der Waals surface area (Å²) in [4.78, 5) is 28.4. The first-order chi connectivity index (χ1) is 12.8. The highest BCUT2D eigenvalue weighted by Crippen LogP contribution is 2.28. The Balaban J connectivity index is 1.80. The first-order valence-electron chi connectivity index (χ1n) is 7.64. The highest BCUT2D eigenvalue weighted by molar-refractivity contribution is 7.90. The number of aromatic nitrogens is 1. The van der Waals surface area contributed by atoms with Crippen LogP contribution in [0.1, 0.15) is 10.4 Å². The number of sulfone groups is 1.